The maximum atomic E-state index is 13.0. The summed E-state index contributed by atoms with van der Waals surface area (Å²) in [6.45, 7) is 9.07. The third kappa shape index (κ3) is 5.36. The minimum Gasteiger partial charge on any atom is -0.395 e. The SMILES string of the molecule is CC(C)(C)[C@H]1CC[C@@H](C(=O)N2CCC(CN3C[C@H](O)[C@@H](O)[C@H](O)[C@@H]3CO)CC2)CC1. The minimum atomic E-state index is -1.22. The van der Waals surface area contributed by atoms with Gasteiger partial charge in [0.05, 0.1) is 18.8 Å². The van der Waals surface area contributed by atoms with Crippen LogP contribution in [-0.4, -0.2) is 93.3 Å². The van der Waals surface area contributed by atoms with E-state index < -0.39 is 24.4 Å². The van der Waals surface area contributed by atoms with Crippen LogP contribution in [0.15, 0.2) is 0 Å². The van der Waals surface area contributed by atoms with Gasteiger partial charge >= 0.3 is 0 Å². The monoisotopic (exact) mass is 426 g/mol. The Bertz CT molecular complexity index is 564. The normalized spacial score (nSPS) is 37.4. The second-order valence-electron chi connectivity index (χ2n) is 10.9. The van der Waals surface area contributed by atoms with Crippen molar-refractivity contribution >= 4 is 5.91 Å². The van der Waals surface area contributed by atoms with Gasteiger partial charge in [-0.1, -0.05) is 20.8 Å². The second-order valence-corrected chi connectivity index (χ2v) is 10.9. The van der Waals surface area contributed by atoms with Gasteiger partial charge in [-0.2, -0.15) is 0 Å². The first-order chi connectivity index (χ1) is 14.1. The fourth-order valence-electron chi connectivity index (χ4n) is 5.72. The molecule has 3 fully saturated rings. The van der Waals surface area contributed by atoms with Gasteiger partial charge in [0.2, 0.25) is 5.91 Å². The minimum absolute atomic E-state index is 0.174. The van der Waals surface area contributed by atoms with Crippen LogP contribution in [0, 0.1) is 23.2 Å². The molecule has 1 amide bonds. The van der Waals surface area contributed by atoms with Gasteiger partial charge in [-0.25, -0.2) is 0 Å². The maximum absolute atomic E-state index is 13.0. The lowest BCUT2D eigenvalue weighted by Crippen LogP contribution is -2.63. The number of hydrogen-bond donors (Lipinski definition) is 4. The Morgan fingerprint density at radius 2 is 1.53 bits per heavy atom. The molecule has 0 aromatic carbocycles. The van der Waals surface area contributed by atoms with E-state index in [9.17, 15) is 25.2 Å². The molecular formula is C23H42N2O5. The molecule has 174 valence electrons. The lowest BCUT2D eigenvalue weighted by molar-refractivity contribution is -0.149. The molecule has 3 aliphatic rings. The highest BCUT2D eigenvalue weighted by Crippen LogP contribution is 2.40. The molecule has 0 aromatic heterocycles. The lowest BCUT2D eigenvalue weighted by atomic mass is 9.69. The number of amides is 1. The van der Waals surface area contributed by atoms with E-state index in [1.807, 2.05) is 9.80 Å². The Morgan fingerprint density at radius 1 is 0.933 bits per heavy atom. The quantitative estimate of drug-likeness (QED) is 0.531. The van der Waals surface area contributed by atoms with Crippen molar-refractivity contribution in [3.63, 3.8) is 0 Å². The maximum Gasteiger partial charge on any atom is 0.225 e. The molecule has 0 radical (unpaired) electrons. The number of piperidine rings is 2. The molecule has 0 bridgehead atoms. The van der Waals surface area contributed by atoms with Gasteiger partial charge in [0.25, 0.3) is 0 Å². The summed E-state index contributed by atoms with van der Waals surface area (Å²) >= 11 is 0. The lowest BCUT2D eigenvalue weighted by Gasteiger charge is -2.45. The van der Waals surface area contributed by atoms with Crippen molar-refractivity contribution in [2.24, 2.45) is 23.2 Å². The number of nitrogens with zero attached hydrogens (tertiary/aromatic N) is 2. The zero-order valence-corrected chi connectivity index (χ0v) is 18.9. The van der Waals surface area contributed by atoms with Crippen LogP contribution in [0.5, 0.6) is 0 Å². The predicted molar refractivity (Wildman–Crippen MR) is 115 cm³/mol. The van der Waals surface area contributed by atoms with E-state index in [1.54, 1.807) is 0 Å². The highest BCUT2D eigenvalue weighted by atomic mass is 16.4. The summed E-state index contributed by atoms with van der Waals surface area (Å²) in [6, 6.07) is -0.555. The van der Waals surface area contributed by atoms with Crippen LogP contribution < -0.4 is 0 Å². The van der Waals surface area contributed by atoms with Crippen molar-refractivity contribution in [2.45, 2.75) is 83.6 Å². The van der Waals surface area contributed by atoms with E-state index in [-0.39, 0.29) is 19.1 Å². The number of β-amino-alcohol motifs (C(OH)–C–C–N with tert-alkyl or cyclic N) is 1. The zero-order valence-electron chi connectivity index (χ0n) is 18.9. The number of aliphatic hydroxyl groups excluding tert-OH is 4. The molecule has 2 saturated heterocycles. The summed E-state index contributed by atoms with van der Waals surface area (Å²) in [6.07, 6.45) is 2.71. The third-order valence-corrected chi connectivity index (χ3v) is 7.94. The summed E-state index contributed by atoms with van der Waals surface area (Å²) in [7, 11) is 0. The van der Waals surface area contributed by atoms with Gasteiger partial charge in [-0.05, 0) is 55.8 Å². The van der Waals surface area contributed by atoms with Gasteiger partial charge in [0.1, 0.15) is 12.2 Å². The zero-order chi connectivity index (χ0) is 22.1. The van der Waals surface area contributed by atoms with Crippen LogP contribution in [0.25, 0.3) is 0 Å². The Hall–Kier alpha value is -0.730. The van der Waals surface area contributed by atoms with Gasteiger partial charge in [-0.3, -0.25) is 9.69 Å². The Balaban J connectivity index is 1.46. The number of carbonyl (C=O) groups excluding carboxylic acids is 1. The molecule has 2 aliphatic heterocycles. The summed E-state index contributed by atoms with van der Waals surface area (Å²) in [5.41, 5.74) is 0.324. The van der Waals surface area contributed by atoms with Crippen molar-refractivity contribution in [3.8, 4) is 0 Å². The molecule has 1 saturated carbocycles. The van der Waals surface area contributed by atoms with Crippen LogP contribution in [0.3, 0.4) is 0 Å². The largest absolute Gasteiger partial charge is 0.395 e. The van der Waals surface area contributed by atoms with Gasteiger partial charge in [0.15, 0.2) is 0 Å². The van der Waals surface area contributed by atoms with Crippen molar-refractivity contribution < 1.29 is 25.2 Å². The van der Waals surface area contributed by atoms with Crippen LogP contribution in [0.2, 0.25) is 0 Å². The Morgan fingerprint density at radius 3 is 2.07 bits per heavy atom. The molecule has 0 spiro atoms. The summed E-state index contributed by atoms with van der Waals surface area (Å²) in [4.78, 5) is 16.9. The number of aliphatic hydroxyl groups is 4. The van der Waals surface area contributed by atoms with Crippen molar-refractivity contribution in [1.82, 2.24) is 9.80 Å². The highest BCUT2D eigenvalue weighted by Gasteiger charge is 2.42. The Kier molecular flexibility index (Phi) is 7.83. The number of hydrogen-bond acceptors (Lipinski definition) is 6. The first-order valence-electron chi connectivity index (χ1n) is 11.8. The molecule has 1 aliphatic carbocycles. The molecule has 3 rings (SSSR count). The fraction of sp³-hybridized carbons (Fsp3) is 0.957. The first kappa shape index (κ1) is 23.9. The topological polar surface area (TPSA) is 104 Å². The van der Waals surface area contributed by atoms with Crippen molar-refractivity contribution in [3.05, 3.63) is 0 Å². The molecular weight excluding hydrogens is 384 g/mol. The van der Waals surface area contributed by atoms with Crippen LogP contribution >= 0.6 is 0 Å². The van der Waals surface area contributed by atoms with Crippen molar-refractivity contribution in [2.75, 3.05) is 32.8 Å². The van der Waals surface area contributed by atoms with Gasteiger partial charge in [-0.15, -0.1) is 0 Å². The molecule has 2 heterocycles. The van der Waals surface area contributed by atoms with Gasteiger partial charge < -0.3 is 25.3 Å². The fourth-order valence-corrected chi connectivity index (χ4v) is 5.72. The highest BCUT2D eigenvalue weighted by molar-refractivity contribution is 5.79. The van der Waals surface area contributed by atoms with Gasteiger partial charge in [0, 0.05) is 32.1 Å². The second kappa shape index (κ2) is 9.82. The molecule has 0 aromatic rings. The van der Waals surface area contributed by atoms with Crippen molar-refractivity contribution in [1.29, 1.82) is 0 Å². The van der Waals surface area contributed by atoms with Crippen LogP contribution in [0.1, 0.15) is 59.3 Å². The summed E-state index contributed by atoms with van der Waals surface area (Å²) in [5.74, 6) is 1.56. The third-order valence-electron chi connectivity index (χ3n) is 7.94. The van der Waals surface area contributed by atoms with Crippen LogP contribution in [0.4, 0.5) is 0 Å². The van der Waals surface area contributed by atoms with E-state index in [2.05, 4.69) is 20.8 Å². The summed E-state index contributed by atoms with van der Waals surface area (Å²) in [5, 5.41) is 39.7. The smallest absolute Gasteiger partial charge is 0.225 e. The molecule has 7 heteroatoms. The number of rotatable bonds is 4. The first-order valence-corrected chi connectivity index (χ1v) is 11.8. The van der Waals surface area contributed by atoms with E-state index in [4.69, 9.17) is 0 Å². The van der Waals surface area contributed by atoms with E-state index in [0.717, 1.165) is 51.6 Å². The number of likely N-dealkylation sites (tertiary alicyclic amines) is 2. The molecule has 7 nitrogen and oxygen atoms in total. The summed E-state index contributed by atoms with van der Waals surface area (Å²) < 4.78 is 0. The average Bonchev–Trinajstić information content (AvgIpc) is 2.72. The number of carbonyl (C=O) groups is 1. The van der Waals surface area contributed by atoms with Crippen LogP contribution in [-0.2, 0) is 4.79 Å². The molecule has 0 unspecified atom stereocenters. The average molecular weight is 427 g/mol. The Labute approximate surface area is 181 Å². The molecule has 4 atom stereocenters. The van der Waals surface area contributed by atoms with E-state index in [0.29, 0.717) is 29.7 Å². The van der Waals surface area contributed by atoms with E-state index >= 15 is 0 Å². The predicted octanol–water partition coefficient (Wildman–Crippen LogP) is 0.837. The molecule has 30 heavy (non-hydrogen) atoms. The van der Waals surface area contributed by atoms with E-state index in [1.165, 1.54) is 0 Å². The standard InChI is InChI=1S/C23H42N2O5/c1-23(2,3)17-6-4-16(5-7-17)22(30)24-10-8-15(9-11-24)12-25-13-19(27)21(29)20(28)18(25)14-26/h15-21,26-29H,4-14H2,1-3H3/t16-,17+,18-,19-,20+,21+/m0/s1. The molecule has 4 N–H and O–H groups in total.